The topological polar surface area (TPSA) is 38.9 Å². The Hall–Kier alpha value is -0.710. The summed E-state index contributed by atoms with van der Waals surface area (Å²) >= 11 is 3.09. The van der Waals surface area contributed by atoms with Crippen LogP contribution in [0, 0.1) is 0 Å². The Morgan fingerprint density at radius 3 is 2.58 bits per heavy atom. The number of nitrogens with two attached hydrogens (primary N) is 1. The lowest BCUT2D eigenvalue weighted by Gasteiger charge is -2.07. The molecule has 2 nitrogen and oxygen atoms in total. The zero-order valence-corrected chi connectivity index (χ0v) is 7.68. The van der Waals surface area contributed by atoms with Crippen molar-refractivity contribution in [2.75, 3.05) is 5.73 Å². The number of rotatable bonds is 2. The van der Waals surface area contributed by atoms with Gasteiger partial charge in [-0.05, 0) is 5.56 Å². The highest BCUT2D eigenvalue weighted by Gasteiger charge is 2.14. The molecule has 5 heteroatoms. The van der Waals surface area contributed by atoms with E-state index < -0.39 is 6.43 Å². The van der Waals surface area contributed by atoms with Gasteiger partial charge in [0.1, 0.15) is 0 Å². The smallest absolute Gasteiger partial charge is 0.265 e. The van der Waals surface area contributed by atoms with Gasteiger partial charge in [-0.25, -0.2) is 8.78 Å². The van der Waals surface area contributed by atoms with E-state index in [2.05, 4.69) is 20.9 Å². The second-order valence-corrected chi connectivity index (χ2v) is 2.79. The molecule has 0 bridgehead atoms. The van der Waals surface area contributed by atoms with Crippen LogP contribution in [0.25, 0.3) is 0 Å². The van der Waals surface area contributed by atoms with Crippen LogP contribution in [0.2, 0.25) is 0 Å². The molecule has 0 amide bonds. The van der Waals surface area contributed by atoms with E-state index >= 15 is 0 Å². The Morgan fingerprint density at radius 2 is 2.17 bits per heavy atom. The Balaban J connectivity index is 3.18. The second kappa shape index (κ2) is 3.80. The highest BCUT2D eigenvalue weighted by molar-refractivity contribution is 9.08. The minimum absolute atomic E-state index is 0.105. The number of hydrogen-bond donors (Lipinski definition) is 1. The Morgan fingerprint density at radius 1 is 1.50 bits per heavy atom. The molecule has 0 atom stereocenters. The van der Waals surface area contributed by atoms with Crippen molar-refractivity contribution < 1.29 is 8.78 Å². The normalized spacial score (nSPS) is 10.7. The first kappa shape index (κ1) is 9.38. The maximum atomic E-state index is 12.3. The summed E-state index contributed by atoms with van der Waals surface area (Å²) < 4.78 is 24.6. The molecule has 2 N–H and O–H groups in total. The average Bonchev–Trinajstić information content (AvgIpc) is 2.03. The first-order valence-corrected chi connectivity index (χ1v) is 4.35. The predicted octanol–water partition coefficient (Wildman–Crippen LogP) is 2.50. The standard InChI is InChI=1S/C7H7BrF2N2/c8-1-4-5(7(9)10)2-12-3-6(4)11/h2-3,7H,1,11H2. The average molecular weight is 237 g/mol. The van der Waals surface area contributed by atoms with Gasteiger partial charge in [0.25, 0.3) is 6.43 Å². The summed E-state index contributed by atoms with van der Waals surface area (Å²) in [6.07, 6.45) is -0.0198. The fraction of sp³-hybridized carbons (Fsp3) is 0.286. The van der Waals surface area contributed by atoms with Crippen molar-refractivity contribution in [1.82, 2.24) is 4.98 Å². The van der Waals surface area contributed by atoms with E-state index in [1.165, 1.54) is 6.20 Å². The van der Waals surface area contributed by atoms with E-state index in [1.54, 1.807) is 0 Å². The van der Waals surface area contributed by atoms with Crippen molar-refractivity contribution in [1.29, 1.82) is 0 Å². The number of aromatic nitrogens is 1. The van der Waals surface area contributed by atoms with Crippen LogP contribution < -0.4 is 5.73 Å². The van der Waals surface area contributed by atoms with E-state index in [0.717, 1.165) is 6.20 Å². The molecule has 0 fully saturated rings. The predicted molar refractivity (Wildman–Crippen MR) is 46.2 cm³/mol. The molecule has 0 unspecified atom stereocenters. The highest BCUT2D eigenvalue weighted by atomic mass is 79.9. The summed E-state index contributed by atoms with van der Waals surface area (Å²) in [5, 5.41) is 0.320. The summed E-state index contributed by atoms with van der Waals surface area (Å²) in [5.41, 5.74) is 6.05. The minimum Gasteiger partial charge on any atom is -0.397 e. The minimum atomic E-state index is -2.52. The summed E-state index contributed by atoms with van der Waals surface area (Å²) in [5.74, 6) is 0. The molecule has 0 aliphatic rings. The third kappa shape index (κ3) is 1.72. The van der Waals surface area contributed by atoms with E-state index in [0.29, 0.717) is 16.6 Å². The van der Waals surface area contributed by atoms with Crippen LogP contribution in [0.15, 0.2) is 12.4 Å². The van der Waals surface area contributed by atoms with E-state index in [1.807, 2.05) is 0 Å². The molecular weight excluding hydrogens is 230 g/mol. The van der Waals surface area contributed by atoms with Gasteiger partial charge >= 0.3 is 0 Å². The fourth-order valence-corrected chi connectivity index (χ4v) is 1.51. The van der Waals surface area contributed by atoms with Crippen molar-refractivity contribution in [3.8, 4) is 0 Å². The van der Waals surface area contributed by atoms with Crippen LogP contribution in [0.1, 0.15) is 17.6 Å². The lowest BCUT2D eigenvalue weighted by Crippen LogP contribution is -1.99. The molecule has 1 heterocycles. The van der Waals surface area contributed by atoms with Crippen LogP contribution in [0.3, 0.4) is 0 Å². The first-order chi connectivity index (χ1) is 5.66. The van der Waals surface area contributed by atoms with Gasteiger partial charge in [-0.1, -0.05) is 15.9 Å². The SMILES string of the molecule is Nc1cncc(C(F)F)c1CBr. The van der Waals surface area contributed by atoms with Crippen molar-refractivity contribution in [3.05, 3.63) is 23.5 Å². The number of anilines is 1. The van der Waals surface area contributed by atoms with E-state index in [-0.39, 0.29) is 5.56 Å². The van der Waals surface area contributed by atoms with Gasteiger partial charge in [0.15, 0.2) is 0 Å². The number of nitrogen functional groups attached to an aromatic ring is 1. The lowest BCUT2D eigenvalue weighted by molar-refractivity contribution is 0.150. The number of alkyl halides is 3. The molecule has 0 aliphatic heterocycles. The van der Waals surface area contributed by atoms with Gasteiger partial charge < -0.3 is 5.73 Å². The summed E-state index contributed by atoms with van der Waals surface area (Å²) in [6, 6.07) is 0. The Kier molecular flexibility index (Phi) is 2.97. The largest absolute Gasteiger partial charge is 0.397 e. The molecule has 0 aromatic carbocycles. The van der Waals surface area contributed by atoms with Gasteiger partial charge in [0.05, 0.1) is 11.9 Å². The molecule has 0 radical (unpaired) electrons. The third-order valence-corrected chi connectivity index (χ3v) is 2.05. The summed E-state index contributed by atoms with van der Waals surface area (Å²) in [4.78, 5) is 3.59. The summed E-state index contributed by atoms with van der Waals surface area (Å²) in [7, 11) is 0. The Labute approximate surface area is 76.9 Å². The molecule has 0 aliphatic carbocycles. The molecule has 0 spiro atoms. The molecule has 1 rings (SSSR count). The van der Waals surface area contributed by atoms with Gasteiger partial charge in [-0.2, -0.15) is 0 Å². The van der Waals surface area contributed by atoms with Crippen LogP contribution in [-0.4, -0.2) is 4.98 Å². The summed E-state index contributed by atoms with van der Waals surface area (Å²) in [6.45, 7) is 0. The molecule has 12 heavy (non-hydrogen) atoms. The third-order valence-electron chi connectivity index (χ3n) is 1.49. The van der Waals surface area contributed by atoms with Crippen LogP contribution >= 0.6 is 15.9 Å². The maximum absolute atomic E-state index is 12.3. The van der Waals surface area contributed by atoms with Gasteiger partial charge in [-0.3, -0.25) is 4.98 Å². The number of nitrogens with zero attached hydrogens (tertiary/aromatic N) is 1. The molecular formula is C7H7BrF2N2. The van der Waals surface area contributed by atoms with Crippen LogP contribution in [0.4, 0.5) is 14.5 Å². The molecule has 0 saturated carbocycles. The van der Waals surface area contributed by atoms with Gasteiger partial charge in [0.2, 0.25) is 0 Å². The van der Waals surface area contributed by atoms with Gasteiger partial charge in [0, 0.05) is 17.1 Å². The lowest BCUT2D eigenvalue weighted by atomic mass is 10.1. The van der Waals surface area contributed by atoms with E-state index in [4.69, 9.17) is 5.73 Å². The van der Waals surface area contributed by atoms with Crippen molar-refractivity contribution in [2.24, 2.45) is 0 Å². The fourth-order valence-electron chi connectivity index (χ4n) is 0.863. The molecule has 0 saturated heterocycles. The van der Waals surface area contributed by atoms with Crippen molar-refractivity contribution in [3.63, 3.8) is 0 Å². The number of halogens is 3. The van der Waals surface area contributed by atoms with Crippen LogP contribution in [-0.2, 0) is 5.33 Å². The molecule has 1 aromatic rings. The zero-order valence-electron chi connectivity index (χ0n) is 6.10. The molecule has 1 aromatic heterocycles. The van der Waals surface area contributed by atoms with Crippen LogP contribution in [0.5, 0.6) is 0 Å². The zero-order chi connectivity index (χ0) is 9.14. The Bertz CT molecular complexity index is 278. The monoisotopic (exact) mass is 236 g/mol. The molecule has 66 valence electrons. The van der Waals surface area contributed by atoms with Crippen molar-refractivity contribution >= 4 is 21.6 Å². The highest BCUT2D eigenvalue weighted by Crippen LogP contribution is 2.27. The quantitative estimate of drug-likeness (QED) is 0.802. The number of pyridine rings is 1. The maximum Gasteiger partial charge on any atom is 0.265 e. The van der Waals surface area contributed by atoms with Crippen molar-refractivity contribution in [2.45, 2.75) is 11.8 Å². The second-order valence-electron chi connectivity index (χ2n) is 2.23. The van der Waals surface area contributed by atoms with Gasteiger partial charge in [-0.15, -0.1) is 0 Å². The number of hydrogen-bond acceptors (Lipinski definition) is 2. The van der Waals surface area contributed by atoms with E-state index in [9.17, 15) is 8.78 Å². The first-order valence-electron chi connectivity index (χ1n) is 3.23.